The third-order valence-electron chi connectivity index (χ3n) is 2.71. The van der Waals surface area contributed by atoms with Crippen molar-refractivity contribution in [2.24, 2.45) is 0 Å². The summed E-state index contributed by atoms with van der Waals surface area (Å²) in [6, 6.07) is 13.3. The quantitative estimate of drug-likeness (QED) is 0.879. The number of hydrogen-bond acceptors (Lipinski definition) is 1. The second-order valence-corrected chi connectivity index (χ2v) is 5.14. The summed E-state index contributed by atoms with van der Waals surface area (Å²) in [6.45, 7) is 3.99. The number of halogens is 1. The van der Waals surface area contributed by atoms with Crippen molar-refractivity contribution >= 4 is 27.5 Å². The first kappa shape index (κ1) is 12.8. The minimum absolute atomic E-state index is 0.0960. The van der Waals surface area contributed by atoms with Crippen molar-refractivity contribution in [2.45, 2.75) is 13.8 Å². The lowest BCUT2D eigenvalue weighted by Gasteiger charge is -2.07. The van der Waals surface area contributed by atoms with Gasteiger partial charge in [-0.3, -0.25) is 4.79 Å². The predicted octanol–water partition coefficient (Wildman–Crippen LogP) is 4.32. The van der Waals surface area contributed by atoms with Crippen LogP contribution in [0.25, 0.3) is 0 Å². The van der Waals surface area contributed by atoms with Crippen LogP contribution in [-0.4, -0.2) is 5.91 Å². The van der Waals surface area contributed by atoms with Crippen LogP contribution in [0, 0.1) is 13.8 Å². The molecule has 1 N–H and O–H groups in total. The van der Waals surface area contributed by atoms with E-state index in [1.165, 1.54) is 0 Å². The first-order valence-electron chi connectivity index (χ1n) is 5.70. The monoisotopic (exact) mass is 303 g/mol. The van der Waals surface area contributed by atoms with Gasteiger partial charge in [-0.25, -0.2) is 0 Å². The van der Waals surface area contributed by atoms with Crippen LogP contribution in [0.2, 0.25) is 0 Å². The molecule has 18 heavy (non-hydrogen) atoms. The normalized spacial score (nSPS) is 10.2. The van der Waals surface area contributed by atoms with Gasteiger partial charge in [0, 0.05) is 15.7 Å². The van der Waals surface area contributed by atoms with E-state index in [0.29, 0.717) is 5.56 Å². The highest BCUT2D eigenvalue weighted by Crippen LogP contribution is 2.18. The van der Waals surface area contributed by atoms with Crippen LogP contribution in [0.4, 0.5) is 5.69 Å². The molecule has 0 fully saturated rings. The molecule has 0 saturated heterocycles. The zero-order chi connectivity index (χ0) is 13.1. The molecule has 0 heterocycles. The zero-order valence-electron chi connectivity index (χ0n) is 10.3. The molecular weight excluding hydrogens is 290 g/mol. The van der Waals surface area contributed by atoms with E-state index >= 15 is 0 Å². The van der Waals surface area contributed by atoms with Gasteiger partial charge in [0.2, 0.25) is 0 Å². The number of nitrogens with one attached hydrogen (secondary N) is 1. The van der Waals surface area contributed by atoms with Crippen LogP contribution in [0.15, 0.2) is 46.9 Å². The molecule has 0 spiro atoms. The van der Waals surface area contributed by atoms with E-state index in [2.05, 4.69) is 21.2 Å². The van der Waals surface area contributed by atoms with E-state index in [-0.39, 0.29) is 5.91 Å². The molecule has 3 heteroatoms. The first-order chi connectivity index (χ1) is 8.56. The number of hydrogen-bond donors (Lipinski definition) is 1. The van der Waals surface area contributed by atoms with Gasteiger partial charge in [0.25, 0.3) is 5.91 Å². The first-order valence-corrected chi connectivity index (χ1v) is 6.50. The Morgan fingerprint density at radius 3 is 2.56 bits per heavy atom. The fourth-order valence-electron chi connectivity index (χ4n) is 1.66. The van der Waals surface area contributed by atoms with E-state index in [9.17, 15) is 4.79 Å². The van der Waals surface area contributed by atoms with Crippen molar-refractivity contribution in [3.8, 4) is 0 Å². The SMILES string of the molecule is Cc1cccc(NC(=O)c2ccc(C)c(Br)c2)c1. The van der Waals surface area contributed by atoms with Crippen molar-refractivity contribution in [1.82, 2.24) is 0 Å². The van der Waals surface area contributed by atoms with E-state index in [1.54, 1.807) is 0 Å². The van der Waals surface area contributed by atoms with Crippen molar-refractivity contribution in [3.05, 3.63) is 63.6 Å². The highest BCUT2D eigenvalue weighted by atomic mass is 79.9. The number of carbonyl (C=O) groups is 1. The van der Waals surface area contributed by atoms with Gasteiger partial charge in [-0.15, -0.1) is 0 Å². The van der Waals surface area contributed by atoms with Crippen LogP contribution in [0.5, 0.6) is 0 Å². The molecule has 0 aliphatic heterocycles. The Labute approximate surface area is 115 Å². The van der Waals surface area contributed by atoms with Gasteiger partial charge in [-0.2, -0.15) is 0 Å². The fourth-order valence-corrected chi connectivity index (χ4v) is 2.04. The van der Waals surface area contributed by atoms with Crippen molar-refractivity contribution < 1.29 is 4.79 Å². The lowest BCUT2D eigenvalue weighted by atomic mass is 10.1. The summed E-state index contributed by atoms with van der Waals surface area (Å²) in [7, 11) is 0. The van der Waals surface area contributed by atoms with Gasteiger partial charge in [0.1, 0.15) is 0 Å². The predicted molar refractivity (Wildman–Crippen MR) is 78.0 cm³/mol. The highest BCUT2D eigenvalue weighted by molar-refractivity contribution is 9.10. The minimum atomic E-state index is -0.0960. The Morgan fingerprint density at radius 1 is 1.11 bits per heavy atom. The van der Waals surface area contributed by atoms with Gasteiger partial charge in [0.15, 0.2) is 0 Å². The standard InChI is InChI=1S/C15H14BrNO/c1-10-4-3-5-13(8-10)17-15(18)12-7-6-11(2)14(16)9-12/h3-9H,1-2H3,(H,17,18). The third-order valence-corrected chi connectivity index (χ3v) is 3.56. The average Bonchev–Trinajstić information content (AvgIpc) is 2.32. The van der Waals surface area contributed by atoms with E-state index in [0.717, 1.165) is 21.3 Å². The Kier molecular flexibility index (Phi) is 3.82. The van der Waals surface area contributed by atoms with E-state index in [4.69, 9.17) is 0 Å². The number of carbonyl (C=O) groups excluding carboxylic acids is 1. The molecule has 92 valence electrons. The molecule has 2 aromatic carbocycles. The smallest absolute Gasteiger partial charge is 0.255 e. The van der Waals surface area contributed by atoms with Crippen LogP contribution >= 0.6 is 15.9 Å². The Morgan fingerprint density at radius 2 is 1.89 bits per heavy atom. The maximum Gasteiger partial charge on any atom is 0.255 e. The summed E-state index contributed by atoms with van der Waals surface area (Å²) >= 11 is 3.43. The van der Waals surface area contributed by atoms with Crippen molar-refractivity contribution in [3.63, 3.8) is 0 Å². The molecule has 2 rings (SSSR count). The molecule has 1 amide bonds. The van der Waals surface area contributed by atoms with Crippen LogP contribution in [0.3, 0.4) is 0 Å². The number of anilines is 1. The third kappa shape index (κ3) is 2.99. The number of aryl methyl sites for hydroxylation is 2. The van der Waals surface area contributed by atoms with Crippen molar-refractivity contribution in [1.29, 1.82) is 0 Å². The molecule has 0 bridgehead atoms. The van der Waals surface area contributed by atoms with Crippen molar-refractivity contribution in [2.75, 3.05) is 5.32 Å². The summed E-state index contributed by atoms with van der Waals surface area (Å²) in [4.78, 5) is 12.1. The molecule has 2 aromatic rings. The van der Waals surface area contributed by atoms with Crippen LogP contribution in [-0.2, 0) is 0 Å². The number of benzene rings is 2. The highest BCUT2D eigenvalue weighted by Gasteiger charge is 2.07. The number of rotatable bonds is 2. The lowest BCUT2D eigenvalue weighted by Crippen LogP contribution is -2.11. The summed E-state index contributed by atoms with van der Waals surface area (Å²) in [5.41, 5.74) is 3.70. The maximum atomic E-state index is 12.1. The lowest BCUT2D eigenvalue weighted by molar-refractivity contribution is 0.102. The molecule has 0 atom stereocenters. The zero-order valence-corrected chi connectivity index (χ0v) is 11.9. The molecule has 0 saturated carbocycles. The van der Waals surface area contributed by atoms with E-state index in [1.807, 2.05) is 56.3 Å². The molecule has 0 aliphatic carbocycles. The molecule has 0 aromatic heterocycles. The van der Waals surface area contributed by atoms with Gasteiger partial charge in [-0.05, 0) is 49.2 Å². The largest absolute Gasteiger partial charge is 0.322 e. The fraction of sp³-hybridized carbons (Fsp3) is 0.133. The molecule has 0 radical (unpaired) electrons. The van der Waals surface area contributed by atoms with Gasteiger partial charge >= 0.3 is 0 Å². The second-order valence-electron chi connectivity index (χ2n) is 4.29. The molecule has 0 unspecified atom stereocenters. The summed E-state index contributed by atoms with van der Waals surface area (Å²) in [5.74, 6) is -0.0960. The van der Waals surface area contributed by atoms with Gasteiger partial charge in [0.05, 0.1) is 0 Å². The summed E-state index contributed by atoms with van der Waals surface area (Å²) < 4.78 is 0.944. The topological polar surface area (TPSA) is 29.1 Å². The second kappa shape index (κ2) is 5.36. The Bertz CT molecular complexity index is 593. The summed E-state index contributed by atoms with van der Waals surface area (Å²) in [6.07, 6.45) is 0. The van der Waals surface area contributed by atoms with Gasteiger partial charge < -0.3 is 5.32 Å². The van der Waals surface area contributed by atoms with Gasteiger partial charge in [-0.1, -0.05) is 34.1 Å². The molecular formula is C15H14BrNO. The summed E-state index contributed by atoms with van der Waals surface area (Å²) in [5, 5.41) is 2.89. The molecule has 2 nitrogen and oxygen atoms in total. The van der Waals surface area contributed by atoms with E-state index < -0.39 is 0 Å². The maximum absolute atomic E-state index is 12.1. The minimum Gasteiger partial charge on any atom is -0.322 e. The van der Waals surface area contributed by atoms with Crippen LogP contribution in [0.1, 0.15) is 21.5 Å². The number of amides is 1. The Hall–Kier alpha value is -1.61. The van der Waals surface area contributed by atoms with Crippen LogP contribution < -0.4 is 5.32 Å². The Balaban J connectivity index is 2.19. The molecule has 0 aliphatic rings. The average molecular weight is 304 g/mol.